The van der Waals surface area contributed by atoms with Gasteiger partial charge in [-0.05, 0) is 37.8 Å². The largest absolute Gasteiger partial charge is 0.354 e. The van der Waals surface area contributed by atoms with Crippen LogP contribution >= 0.6 is 0 Å². The van der Waals surface area contributed by atoms with Gasteiger partial charge in [-0.1, -0.05) is 43.2 Å². The number of hydrogen-bond donors (Lipinski definition) is 2. The van der Waals surface area contributed by atoms with E-state index in [1.807, 2.05) is 6.07 Å². The van der Waals surface area contributed by atoms with Crippen LogP contribution in [-0.2, 0) is 15.0 Å². The van der Waals surface area contributed by atoms with Crippen LogP contribution in [0.1, 0.15) is 51.0 Å². The molecule has 0 bridgehead atoms. The van der Waals surface area contributed by atoms with Gasteiger partial charge in [0.1, 0.15) is 0 Å². The molecule has 1 atom stereocenters. The number of carbonyl (C=O) groups excluding carboxylic acids is 2. The van der Waals surface area contributed by atoms with E-state index < -0.39 is 0 Å². The summed E-state index contributed by atoms with van der Waals surface area (Å²) in [5, 5.41) is 6.18. The maximum Gasteiger partial charge on any atom is 0.234 e. The molecule has 1 aromatic rings. The first kappa shape index (κ1) is 18.9. The molecule has 2 fully saturated rings. The molecule has 1 aliphatic heterocycles. The minimum absolute atomic E-state index is 0.00679. The summed E-state index contributed by atoms with van der Waals surface area (Å²) < 4.78 is 0. The topological polar surface area (TPSA) is 61.4 Å². The highest BCUT2D eigenvalue weighted by Crippen LogP contribution is 2.40. The molecule has 0 aromatic heterocycles. The highest BCUT2D eigenvalue weighted by Gasteiger charge is 2.35. The maximum absolute atomic E-state index is 12.5. The molecule has 5 nitrogen and oxygen atoms in total. The summed E-state index contributed by atoms with van der Waals surface area (Å²) in [5.74, 6) is 0.100. The summed E-state index contributed by atoms with van der Waals surface area (Å²) in [6.07, 6.45) is 6.77. The normalized spacial score (nSPS) is 22.7. The van der Waals surface area contributed by atoms with Gasteiger partial charge in [-0.25, -0.2) is 0 Å². The first-order chi connectivity index (χ1) is 12.6. The summed E-state index contributed by atoms with van der Waals surface area (Å²) in [4.78, 5) is 25.9. The molecular weight excluding hydrogens is 326 g/mol. The molecule has 1 saturated heterocycles. The zero-order valence-electron chi connectivity index (χ0n) is 15.8. The molecule has 5 heteroatoms. The van der Waals surface area contributed by atoms with Crippen LogP contribution in [0.5, 0.6) is 0 Å². The Morgan fingerprint density at radius 1 is 1.15 bits per heavy atom. The number of rotatable bonds is 6. The van der Waals surface area contributed by atoms with E-state index in [1.165, 1.54) is 18.4 Å². The molecule has 1 heterocycles. The average Bonchev–Trinajstić information content (AvgIpc) is 3.11. The number of nitrogens with one attached hydrogen (secondary N) is 2. The van der Waals surface area contributed by atoms with Gasteiger partial charge >= 0.3 is 0 Å². The Bertz CT molecular complexity index is 611. The van der Waals surface area contributed by atoms with Gasteiger partial charge in [-0.3, -0.25) is 14.5 Å². The van der Waals surface area contributed by atoms with E-state index in [0.29, 0.717) is 6.54 Å². The van der Waals surface area contributed by atoms with Gasteiger partial charge in [-0.15, -0.1) is 0 Å². The third-order valence-corrected chi connectivity index (χ3v) is 5.85. The summed E-state index contributed by atoms with van der Waals surface area (Å²) in [5.41, 5.74) is 1.44. The van der Waals surface area contributed by atoms with Crippen LogP contribution in [0.15, 0.2) is 30.3 Å². The second-order valence-electron chi connectivity index (χ2n) is 7.90. The third kappa shape index (κ3) is 4.85. The van der Waals surface area contributed by atoms with Crippen molar-refractivity contribution in [1.82, 2.24) is 15.5 Å². The summed E-state index contributed by atoms with van der Waals surface area (Å²) >= 11 is 0. The molecule has 2 aliphatic rings. The highest BCUT2D eigenvalue weighted by molar-refractivity contribution is 5.78. The predicted molar refractivity (Wildman–Crippen MR) is 103 cm³/mol. The van der Waals surface area contributed by atoms with Crippen LogP contribution in [0.2, 0.25) is 0 Å². The van der Waals surface area contributed by atoms with Crippen LogP contribution < -0.4 is 10.6 Å². The van der Waals surface area contributed by atoms with Crippen molar-refractivity contribution in [1.29, 1.82) is 0 Å². The summed E-state index contributed by atoms with van der Waals surface area (Å²) in [6.45, 7) is 4.38. The van der Waals surface area contributed by atoms with Crippen molar-refractivity contribution < 1.29 is 9.59 Å². The highest BCUT2D eigenvalue weighted by atomic mass is 16.2. The number of benzene rings is 1. The molecule has 2 amide bonds. The van der Waals surface area contributed by atoms with Gasteiger partial charge in [-0.2, -0.15) is 0 Å². The van der Waals surface area contributed by atoms with E-state index in [9.17, 15) is 9.59 Å². The zero-order chi connectivity index (χ0) is 18.4. The van der Waals surface area contributed by atoms with Crippen molar-refractivity contribution in [2.75, 3.05) is 26.2 Å². The van der Waals surface area contributed by atoms with Crippen molar-refractivity contribution in [3.8, 4) is 0 Å². The molecule has 2 N–H and O–H groups in total. The van der Waals surface area contributed by atoms with Crippen molar-refractivity contribution in [2.45, 2.75) is 56.9 Å². The Labute approximate surface area is 156 Å². The Hall–Kier alpha value is -1.88. The average molecular weight is 357 g/mol. The van der Waals surface area contributed by atoms with Crippen molar-refractivity contribution in [2.24, 2.45) is 0 Å². The lowest BCUT2D eigenvalue weighted by atomic mass is 9.79. The fraction of sp³-hybridized carbons (Fsp3) is 0.619. The Morgan fingerprint density at radius 2 is 1.88 bits per heavy atom. The lowest BCUT2D eigenvalue weighted by Crippen LogP contribution is -2.50. The van der Waals surface area contributed by atoms with Crippen LogP contribution in [0.3, 0.4) is 0 Å². The number of carbonyl (C=O) groups is 2. The van der Waals surface area contributed by atoms with Crippen LogP contribution in [-0.4, -0.2) is 48.9 Å². The molecular formula is C21H31N3O2. The van der Waals surface area contributed by atoms with Gasteiger partial charge in [0.2, 0.25) is 11.8 Å². The van der Waals surface area contributed by atoms with E-state index in [1.54, 1.807) is 6.92 Å². The smallest absolute Gasteiger partial charge is 0.234 e. The number of hydrogen-bond acceptors (Lipinski definition) is 3. The van der Waals surface area contributed by atoms with Crippen molar-refractivity contribution in [3.05, 3.63) is 35.9 Å². The van der Waals surface area contributed by atoms with Gasteiger partial charge < -0.3 is 10.6 Å². The molecule has 142 valence electrons. The van der Waals surface area contributed by atoms with Gasteiger partial charge in [0, 0.05) is 31.5 Å². The zero-order valence-corrected chi connectivity index (χ0v) is 15.8. The van der Waals surface area contributed by atoms with E-state index >= 15 is 0 Å². The number of nitrogens with zero attached hydrogens (tertiary/aromatic N) is 1. The SMILES string of the molecule is CC(=O)NC1CCCN(CC(=O)NCC2(c3ccccc3)CCCC2)C1. The van der Waals surface area contributed by atoms with Gasteiger partial charge in [0.05, 0.1) is 6.54 Å². The third-order valence-electron chi connectivity index (χ3n) is 5.85. The van der Waals surface area contributed by atoms with Gasteiger partial charge in [0.15, 0.2) is 0 Å². The van der Waals surface area contributed by atoms with E-state index in [0.717, 1.165) is 45.3 Å². The Kier molecular flexibility index (Phi) is 6.30. The molecule has 1 saturated carbocycles. The Balaban J connectivity index is 1.52. The number of likely N-dealkylation sites (tertiary alicyclic amines) is 1. The minimum Gasteiger partial charge on any atom is -0.354 e. The summed E-state index contributed by atoms with van der Waals surface area (Å²) in [7, 11) is 0. The number of piperidine rings is 1. The quantitative estimate of drug-likeness (QED) is 0.821. The lowest BCUT2D eigenvalue weighted by Gasteiger charge is -2.33. The van der Waals surface area contributed by atoms with Crippen LogP contribution in [0.4, 0.5) is 0 Å². The fourth-order valence-electron chi connectivity index (χ4n) is 4.54. The Morgan fingerprint density at radius 3 is 2.58 bits per heavy atom. The van der Waals surface area contributed by atoms with Crippen LogP contribution in [0.25, 0.3) is 0 Å². The summed E-state index contributed by atoms with van der Waals surface area (Å²) in [6, 6.07) is 10.8. The van der Waals surface area contributed by atoms with E-state index in [2.05, 4.69) is 39.8 Å². The standard InChI is InChI=1S/C21H31N3O2/c1-17(25)23-19-10-7-13-24(14-19)15-20(26)22-16-21(11-5-6-12-21)18-8-3-2-4-9-18/h2-4,8-9,19H,5-7,10-16H2,1H3,(H,22,26)(H,23,25). The van der Waals surface area contributed by atoms with Gasteiger partial charge in [0.25, 0.3) is 0 Å². The molecule has 1 aromatic carbocycles. The molecule has 3 rings (SSSR count). The van der Waals surface area contributed by atoms with Crippen LogP contribution in [0, 0.1) is 0 Å². The maximum atomic E-state index is 12.5. The second kappa shape index (κ2) is 8.67. The molecule has 26 heavy (non-hydrogen) atoms. The first-order valence-electron chi connectivity index (χ1n) is 9.89. The molecule has 0 spiro atoms. The first-order valence-corrected chi connectivity index (χ1v) is 9.89. The molecule has 0 radical (unpaired) electrons. The predicted octanol–water partition coefficient (Wildman–Crippen LogP) is 2.22. The van der Waals surface area contributed by atoms with Crippen molar-refractivity contribution in [3.63, 3.8) is 0 Å². The fourth-order valence-corrected chi connectivity index (χ4v) is 4.54. The molecule has 1 aliphatic carbocycles. The number of amides is 2. The lowest BCUT2D eigenvalue weighted by molar-refractivity contribution is -0.122. The minimum atomic E-state index is 0.00679. The van der Waals surface area contributed by atoms with E-state index in [4.69, 9.17) is 0 Å². The van der Waals surface area contributed by atoms with E-state index in [-0.39, 0.29) is 23.3 Å². The second-order valence-corrected chi connectivity index (χ2v) is 7.90. The molecule has 1 unspecified atom stereocenters. The van der Waals surface area contributed by atoms with Crippen molar-refractivity contribution >= 4 is 11.8 Å². The monoisotopic (exact) mass is 357 g/mol.